The largest absolute Gasteiger partial charge is 0.309 e. The second-order valence-electron chi connectivity index (χ2n) is 14.2. The van der Waals surface area contributed by atoms with Crippen LogP contribution in [0.5, 0.6) is 0 Å². The van der Waals surface area contributed by atoms with Crippen LogP contribution < -0.4 is 0 Å². The minimum Gasteiger partial charge on any atom is -0.309 e. The van der Waals surface area contributed by atoms with Crippen LogP contribution in [0.15, 0.2) is 169 Å². The molecule has 0 amide bonds. The molecule has 2 aromatic heterocycles. The van der Waals surface area contributed by atoms with E-state index in [0.717, 1.165) is 32.8 Å². The van der Waals surface area contributed by atoms with Crippen LogP contribution in [-0.2, 0) is 5.41 Å². The molecular weight excluding hydrogens is 665 g/mol. The molecule has 252 valence electrons. The van der Waals surface area contributed by atoms with Gasteiger partial charge in [-0.05, 0) is 75.8 Å². The second-order valence-corrected chi connectivity index (χ2v) is 14.7. The van der Waals surface area contributed by atoms with E-state index in [-0.39, 0.29) is 5.41 Å². The van der Waals surface area contributed by atoms with Crippen molar-refractivity contribution in [1.29, 1.82) is 0 Å². The van der Waals surface area contributed by atoms with Gasteiger partial charge in [0.1, 0.15) is 0 Å². The van der Waals surface area contributed by atoms with E-state index in [1.165, 1.54) is 49.6 Å². The molecule has 0 aliphatic heterocycles. The number of aromatic nitrogens is 4. The van der Waals surface area contributed by atoms with Crippen molar-refractivity contribution in [3.63, 3.8) is 0 Å². The zero-order valence-electron chi connectivity index (χ0n) is 29.3. The quantitative estimate of drug-likeness (QED) is 0.182. The van der Waals surface area contributed by atoms with E-state index in [9.17, 15) is 0 Å². The first kappa shape index (κ1) is 31.4. The van der Waals surface area contributed by atoms with Gasteiger partial charge in [-0.25, -0.2) is 15.0 Å². The van der Waals surface area contributed by atoms with Gasteiger partial charge in [0, 0.05) is 43.5 Å². The highest BCUT2D eigenvalue weighted by Crippen LogP contribution is 2.56. The summed E-state index contributed by atoms with van der Waals surface area (Å²) < 4.78 is 2.40. The van der Waals surface area contributed by atoms with Gasteiger partial charge < -0.3 is 4.57 Å². The Morgan fingerprint density at radius 1 is 0.434 bits per heavy atom. The lowest BCUT2D eigenvalue weighted by Gasteiger charge is -2.26. The molecule has 0 N–H and O–H groups in total. The summed E-state index contributed by atoms with van der Waals surface area (Å²) >= 11 is 4.88. The molecule has 1 aliphatic carbocycles. The molecule has 0 atom stereocenters. The summed E-state index contributed by atoms with van der Waals surface area (Å²) in [6.45, 7) is 4.76. The Morgan fingerprint density at radius 3 is 1.58 bits per heavy atom. The van der Waals surface area contributed by atoms with E-state index in [0.29, 0.717) is 17.5 Å². The van der Waals surface area contributed by atoms with Gasteiger partial charge in [-0.3, -0.25) is 0 Å². The average Bonchev–Trinajstić information content (AvgIpc) is 3.67. The summed E-state index contributed by atoms with van der Waals surface area (Å²) in [5, 5.41) is 2.55. The molecule has 0 radical (unpaired) electrons. The zero-order chi connectivity index (χ0) is 35.7. The predicted molar refractivity (Wildman–Crippen MR) is 221 cm³/mol. The highest BCUT2D eigenvalue weighted by Gasteiger charge is 2.40. The molecule has 5 heteroatoms. The van der Waals surface area contributed by atoms with Crippen molar-refractivity contribution in [3.05, 3.63) is 175 Å². The molecule has 0 fully saturated rings. The number of para-hydroxylation sites is 1. The lowest BCUT2D eigenvalue weighted by Crippen LogP contribution is -2.17. The molecule has 1 aliphatic rings. The molecule has 0 unspecified atom stereocenters. The van der Waals surface area contributed by atoms with Crippen LogP contribution in [-0.4, -0.2) is 19.5 Å². The molecule has 0 spiro atoms. The van der Waals surface area contributed by atoms with Crippen molar-refractivity contribution in [2.45, 2.75) is 24.2 Å². The van der Waals surface area contributed by atoms with E-state index in [2.05, 4.69) is 115 Å². The zero-order valence-corrected chi connectivity index (χ0v) is 30.2. The number of rotatable bonds is 5. The van der Waals surface area contributed by atoms with Crippen molar-refractivity contribution in [2.75, 3.05) is 0 Å². The molecular formula is C48H34N4S. The maximum atomic E-state index is 4.97. The third-order valence-corrected chi connectivity index (χ3v) is 11.1. The Labute approximate surface area is 313 Å². The molecule has 53 heavy (non-hydrogen) atoms. The van der Waals surface area contributed by atoms with E-state index in [4.69, 9.17) is 27.6 Å². The summed E-state index contributed by atoms with van der Waals surface area (Å²) in [7, 11) is 0. The number of benzene rings is 7. The Kier molecular flexibility index (Phi) is 7.21. The number of nitrogens with zero attached hydrogens (tertiary/aromatic N) is 4. The molecule has 0 saturated carbocycles. The van der Waals surface area contributed by atoms with E-state index < -0.39 is 0 Å². The molecule has 4 nitrogen and oxygen atoms in total. The first-order chi connectivity index (χ1) is 26.0. The van der Waals surface area contributed by atoms with Crippen LogP contribution in [0.2, 0.25) is 0 Å². The number of hydrogen-bond donors (Lipinski definition) is 1. The van der Waals surface area contributed by atoms with Gasteiger partial charge in [0.2, 0.25) is 0 Å². The van der Waals surface area contributed by atoms with Crippen molar-refractivity contribution in [1.82, 2.24) is 19.5 Å². The minimum absolute atomic E-state index is 0.249. The van der Waals surface area contributed by atoms with Crippen LogP contribution in [0.4, 0.5) is 0 Å². The Hall–Kier alpha value is -6.30. The van der Waals surface area contributed by atoms with Crippen LogP contribution in [0, 0.1) is 0 Å². The van der Waals surface area contributed by atoms with Gasteiger partial charge in [-0.1, -0.05) is 135 Å². The van der Waals surface area contributed by atoms with Gasteiger partial charge in [-0.15, -0.1) is 12.6 Å². The normalized spacial score (nSPS) is 13.0. The van der Waals surface area contributed by atoms with Crippen LogP contribution in [0.25, 0.3) is 83.9 Å². The van der Waals surface area contributed by atoms with Crippen LogP contribution in [0.3, 0.4) is 0 Å². The number of hydrogen-bond acceptors (Lipinski definition) is 4. The Morgan fingerprint density at radius 2 is 0.943 bits per heavy atom. The summed E-state index contributed by atoms with van der Waals surface area (Å²) in [5.41, 5.74) is 13.8. The molecule has 0 bridgehead atoms. The maximum Gasteiger partial charge on any atom is 0.164 e. The molecule has 9 aromatic rings. The molecule has 7 aromatic carbocycles. The second kappa shape index (κ2) is 12.1. The first-order valence-electron chi connectivity index (χ1n) is 17.9. The van der Waals surface area contributed by atoms with Crippen LogP contribution in [0.1, 0.15) is 25.0 Å². The van der Waals surface area contributed by atoms with Crippen molar-refractivity contribution < 1.29 is 0 Å². The first-order valence-corrected chi connectivity index (χ1v) is 18.4. The van der Waals surface area contributed by atoms with Gasteiger partial charge >= 0.3 is 0 Å². The van der Waals surface area contributed by atoms with Gasteiger partial charge in [-0.2, -0.15) is 0 Å². The van der Waals surface area contributed by atoms with Crippen molar-refractivity contribution >= 4 is 34.4 Å². The molecule has 10 rings (SSSR count). The van der Waals surface area contributed by atoms with Crippen molar-refractivity contribution in [3.8, 4) is 62.1 Å². The fourth-order valence-electron chi connectivity index (χ4n) is 8.41. The van der Waals surface area contributed by atoms with E-state index in [1.807, 2.05) is 66.7 Å². The van der Waals surface area contributed by atoms with E-state index in [1.54, 1.807) is 0 Å². The minimum atomic E-state index is -0.249. The maximum absolute atomic E-state index is 4.97. The third-order valence-electron chi connectivity index (χ3n) is 10.7. The van der Waals surface area contributed by atoms with Gasteiger partial charge in [0.25, 0.3) is 0 Å². The number of thiol groups is 1. The monoisotopic (exact) mass is 698 g/mol. The van der Waals surface area contributed by atoms with Gasteiger partial charge in [0.05, 0.1) is 11.0 Å². The number of fused-ring (bicyclic) bond motifs is 7. The summed E-state index contributed by atoms with van der Waals surface area (Å²) in [6, 6.07) is 57.4. The topological polar surface area (TPSA) is 43.6 Å². The molecule has 0 saturated heterocycles. The van der Waals surface area contributed by atoms with E-state index >= 15 is 0 Å². The Balaban J connectivity index is 1.13. The highest BCUT2D eigenvalue weighted by molar-refractivity contribution is 7.80. The SMILES string of the molecule is CC1(C)c2c(-c3ccccc3S)cccc2-c2ccc3c(c21)c1ccccc1n3-c1ccc(-c2nc(-c3ccccc3)nc(-c3ccccc3)n2)cc1. The molecule has 2 heterocycles. The fraction of sp³-hybridized carbons (Fsp3) is 0.0625. The summed E-state index contributed by atoms with van der Waals surface area (Å²) in [6.07, 6.45) is 0. The smallest absolute Gasteiger partial charge is 0.164 e. The summed E-state index contributed by atoms with van der Waals surface area (Å²) in [4.78, 5) is 15.8. The average molecular weight is 699 g/mol. The van der Waals surface area contributed by atoms with Gasteiger partial charge in [0.15, 0.2) is 17.5 Å². The Bertz CT molecular complexity index is 2800. The van der Waals surface area contributed by atoms with Crippen LogP contribution >= 0.6 is 12.6 Å². The lowest BCUT2D eigenvalue weighted by atomic mass is 9.77. The third kappa shape index (κ3) is 4.96. The summed E-state index contributed by atoms with van der Waals surface area (Å²) in [5.74, 6) is 1.95. The highest BCUT2D eigenvalue weighted by atomic mass is 32.1. The predicted octanol–water partition coefficient (Wildman–Crippen LogP) is 12.2. The standard InChI is InChI=1S/C48H34N4S/c1-48(2)43-35(34-18-10-12-23-41(34)53)20-13-21-36(43)37-28-29-40-42(44(37)48)38-19-9-11-22-39(38)52(40)33-26-24-32(25-27-33)47-50-45(30-14-5-3-6-15-30)49-46(51-47)31-16-7-4-8-17-31/h3-29,53H,1-2H3. The fourth-order valence-corrected chi connectivity index (χ4v) is 8.69. The van der Waals surface area contributed by atoms with Crippen molar-refractivity contribution in [2.24, 2.45) is 0 Å². The lowest BCUT2D eigenvalue weighted by molar-refractivity contribution is 0.668.